The average Bonchev–Trinajstić information content (AvgIpc) is 2.69. The van der Waals surface area contributed by atoms with Gasteiger partial charge in [-0.25, -0.2) is 0 Å². The molecule has 1 saturated carbocycles. The Morgan fingerprint density at radius 3 is 2.31 bits per heavy atom. The van der Waals surface area contributed by atoms with Gasteiger partial charge in [-0.2, -0.15) is 0 Å². The Labute approximate surface area is 160 Å². The fourth-order valence-corrected chi connectivity index (χ4v) is 4.41. The van der Waals surface area contributed by atoms with Gasteiger partial charge in [-0.3, -0.25) is 0 Å². The van der Waals surface area contributed by atoms with Crippen LogP contribution in [-0.4, -0.2) is 6.61 Å². The van der Waals surface area contributed by atoms with Gasteiger partial charge in [0.25, 0.3) is 0 Å². The SMILES string of the molecule is CCCCCOc1ccc2cc([C@H]3CC[C@H](CCCC)CC3)ccc2c1. The molecule has 0 heterocycles. The van der Waals surface area contributed by atoms with Crippen molar-refractivity contribution in [3.05, 3.63) is 42.0 Å². The highest BCUT2D eigenvalue weighted by atomic mass is 16.5. The first kappa shape index (κ1) is 19.3. The van der Waals surface area contributed by atoms with E-state index in [2.05, 4.69) is 50.2 Å². The molecular weight excluding hydrogens is 316 g/mol. The molecule has 0 amide bonds. The molecular formula is C25H36O. The van der Waals surface area contributed by atoms with Crippen molar-refractivity contribution in [1.82, 2.24) is 0 Å². The van der Waals surface area contributed by atoms with Crippen LogP contribution < -0.4 is 4.74 Å². The fourth-order valence-electron chi connectivity index (χ4n) is 4.41. The maximum absolute atomic E-state index is 5.91. The van der Waals surface area contributed by atoms with Crippen LogP contribution in [0.1, 0.15) is 89.5 Å². The van der Waals surface area contributed by atoms with Gasteiger partial charge in [0.15, 0.2) is 0 Å². The summed E-state index contributed by atoms with van der Waals surface area (Å²) in [5.41, 5.74) is 1.54. The summed E-state index contributed by atoms with van der Waals surface area (Å²) in [6, 6.07) is 13.7. The molecule has 26 heavy (non-hydrogen) atoms. The first-order chi connectivity index (χ1) is 12.8. The minimum atomic E-state index is 0.766. The molecule has 0 radical (unpaired) electrons. The van der Waals surface area contributed by atoms with Crippen molar-refractivity contribution in [3.63, 3.8) is 0 Å². The molecule has 2 aromatic carbocycles. The molecule has 0 saturated heterocycles. The Kier molecular flexibility index (Phi) is 7.41. The number of fused-ring (bicyclic) bond motifs is 1. The summed E-state index contributed by atoms with van der Waals surface area (Å²) in [4.78, 5) is 0. The van der Waals surface area contributed by atoms with Crippen LogP contribution in [0.2, 0.25) is 0 Å². The molecule has 1 fully saturated rings. The number of hydrogen-bond acceptors (Lipinski definition) is 1. The Morgan fingerprint density at radius 2 is 1.54 bits per heavy atom. The van der Waals surface area contributed by atoms with Gasteiger partial charge in [-0.1, -0.05) is 70.2 Å². The second kappa shape index (κ2) is 10.00. The van der Waals surface area contributed by atoms with E-state index in [9.17, 15) is 0 Å². The minimum Gasteiger partial charge on any atom is -0.494 e. The van der Waals surface area contributed by atoms with E-state index in [4.69, 9.17) is 4.74 Å². The third-order valence-electron chi connectivity index (χ3n) is 6.14. The van der Waals surface area contributed by atoms with E-state index < -0.39 is 0 Å². The second-order valence-corrected chi connectivity index (χ2v) is 8.18. The van der Waals surface area contributed by atoms with E-state index in [1.807, 2.05) is 0 Å². The first-order valence-corrected chi connectivity index (χ1v) is 11.0. The molecule has 1 aliphatic carbocycles. The second-order valence-electron chi connectivity index (χ2n) is 8.18. The van der Waals surface area contributed by atoms with Crippen molar-refractivity contribution in [2.75, 3.05) is 6.61 Å². The van der Waals surface area contributed by atoms with Gasteiger partial charge in [0.05, 0.1) is 6.61 Å². The predicted molar refractivity (Wildman–Crippen MR) is 113 cm³/mol. The van der Waals surface area contributed by atoms with Crippen LogP contribution in [-0.2, 0) is 0 Å². The van der Waals surface area contributed by atoms with Gasteiger partial charge in [-0.15, -0.1) is 0 Å². The summed E-state index contributed by atoms with van der Waals surface area (Å²) in [6.07, 6.45) is 13.4. The predicted octanol–water partition coefficient (Wildman–Crippen LogP) is 7.87. The minimum absolute atomic E-state index is 0.766. The van der Waals surface area contributed by atoms with Crippen molar-refractivity contribution in [1.29, 1.82) is 0 Å². The molecule has 0 N–H and O–H groups in total. The highest BCUT2D eigenvalue weighted by molar-refractivity contribution is 5.84. The number of benzene rings is 2. The fraction of sp³-hybridized carbons (Fsp3) is 0.600. The van der Waals surface area contributed by atoms with Crippen LogP contribution in [0.15, 0.2) is 36.4 Å². The largest absolute Gasteiger partial charge is 0.494 e. The normalized spacial score (nSPS) is 20.4. The monoisotopic (exact) mass is 352 g/mol. The first-order valence-electron chi connectivity index (χ1n) is 11.0. The van der Waals surface area contributed by atoms with E-state index in [0.29, 0.717) is 0 Å². The topological polar surface area (TPSA) is 9.23 Å². The summed E-state index contributed by atoms with van der Waals surface area (Å²) in [7, 11) is 0. The number of rotatable bonds is 9. The van der Waals surface area contributed by atoms with Gasteiger partial charge in [0, 0.05) is 0 Å². The molecule has 1 aliphatic rings. The number of hydrogen-bond donors (Lipinski definition) is 0. The molecule has 0 spiro atoms. The van der Waals surface area contributed by atoms with Gasteiger partial charge in [0.1, 0.15) is 5.75 Å². The lowest BCUT2D eigenvalue weighted by molar-refractivity contribution is 0.304. The number of unbranched alkanes of at least 4 members (excludes halogenated alkanes) is 3. The zero-order valence-electron chi connectivity index (χ0n) is 16.8. The highest BCUT2D eigenvalue weighted by Crippen LogP contribution is 2.38. The van der Waals surface area contributed by atoms with Crippen LogP contribution in [0.25, 0.3) is 10.8 Å². The van der Waals surface area contributed by atoms with E-state index in [1.165, 1.54) is 68.6 Å². The van der Waals surface area contributed by atoms with Crippen LogP contribution in [0.3, 0.4) is 0 Å². The molecule has 0 aliphatic heterocycles. The van der Waals surface area contributed by atoms with E-state index in [-0.39, 0.29) is 0 Å². The van der Waals surface area contributed by atoms with Crippen LogP contribution in [0.5, 0.6) is 5.75 Å². The van der Waals surface area contributed by atoms with Crippen molar-refractivity contribution < 1.29 is 4.74 Å². The van der Waals surface area contributed by atoms with Crippen LogP contribution in [0.4, 0.5) is 0 Å². The van der Waals surface area contributed by atoms with Gasteiger partial charge < -0.3 is 4.74 Å². The van der Waals surface area contributed by atoms with E-state index in [1.54, 1.807) is 5.56 Å². The van der Waals surface area contributed by atoms with Crippen molar-refractivity contribution in [2.45, 2.75) is 84.0 Å². The Balaban J connectivity index is 1.59. The molecule has 0 aromatic heterocycles. The zero-order valence-corrected chi connectivity index (χ0v) is 16.8. The molecule has 2 aromatic rings. The third-order valence-corrected chi connectivity index (χ3v) is 6.14. The average molecular weight is 353 g/mol. The van der Waals surface area contributed by atoms with Gasteiger partial charge in [0.2, 0.25) is 0 Å². The Hall–Kier alpha value is -1.50. The molecule has 0 atom stereocenters. The Bertz CT molecular complexity index is 667. The molecule has 142 valence electrons. The molecule has 3 rings (SSSR count). The highest BCUT2D eigenvalue weighted by Gasteiger charge is 2.22. The summed E-state index contributed by atoms with van der Waals surface area (Å²) in [5, 5.41) is 2.66. The third kappa shape index (κ3) is 5.25. The van der Waals surface area contributed by atoms with Crippen molar-refractivity contribution in [3.8, 4) is 5.75 Å². The van der Waals surface area contributed by atoms with E-state index >= 15 is 0 Å². The maximum Gasteiger partial charge on any atom is 0.119 e. The number of ether oxygens (including phenoxy) is 1. The van der Waals surface area contributed by atoms with Gasteiger partial charge >= 0.3 is 0 Å². The van der Waals surface area contributed by atoms with Crippen molar-refractivity contribution in [2.24, 2.45) is 5.92 Å². The lowest BCUT2D eigenvalue weighted by atomic mass is 9.77. The summed E-state index contributed by atoms with van der Waals surface area (Å²) in [5.74, 6) is 2.76. The Morgan fingerprint density at radius 1 is 0.808 bits per heavy atom. The van der Waals surface area contributed by atoms with Crippen LogP contribution >= 0.6 is 0 Å². The lowest BCUT2D eigenvalue weighted by Crippen LogP contribution is -2.13. The van der Waals surface area contributed by atoms with Crippen molar-refractivity contribution >= 4 is 10.8 Å². The lowest BCUT2D eigenvalue weighted by Gasteiger charge is -2.29. The quantitative estimate of drug-likeness (QED) is 0.417. The standard InChI is InChI=1S/C25H36O/c1-3-5-7-17-26-25-16-15-23-18-22(13-14-24(23)19-25)21-11-9-20(10-12-21)8-6-4-2/h13-16,18-21H,3-12,17H2,1-2H3/t20-,21-. The van der Waals surface area contributed by atoms with Gasteiger partial charge in [-0.05, 0) is 72.4 Å². The molecule has 1 nitrogen and oxygen atoms in total. The zero-order chi connectivity index (χ0) is 18.2. The molecule has 0 bridgehead atoms. The molecule has 0 unspecified atom stereocenters. The van der Waals surface area contributed by atoms with Crippen LogP contribution in [0, 0.1) is 5.92 Å². The smallest absolute Gasteiger partial charge is 0.119 e. The summed E-state index contributed by atoms with van der Waals surface area (Å²) >= 11 is 0. The summed E-state index contributed by atoms with van der Waals surface area (Å²) < 4.78 is 5.91. The van der Waals surface area contributed by atoms with E-state index in [0.717, 1.165) is 30.6 Å². The summed E-state index contributed by atoms with van der Waals surface area (Å²) in [6.45, 7) is 5.37. The molecule has 1 heteroatoms. The maximum atomic E-state index is 5.91.